The zero-order valence-electron chi connectivity index (χ0n) is 12.8. The van der Waals surface area contributed by atoms with Crippen LogP contribution in [0.2, 0.25) is 0 Å². The van der Waals surface area contributed by atoms with Gasteiger partial charge in [-0.2, -0.15) is 0 Å². The van der Waals surface area contributed by atoms with Crippen LogP contribution in [0.15, 0.2) is 0 Å². The molecule has 3 aliphatic rings. The topological polar surface area (TPSA) is 58.6 Å². The third-order valence-electron chi connectivity index (χ3n) is 4.91. The van der Waals surface area contributed by atoms with Crippen molar-refractivity contribution in [1.82, 2.24) is 9.62 Å². The normalized spacial score (nSPS) is 29.6. The van der Waals surface area contributed by atoms with Crippen LogP contribution >= 0.6 is 0 Å². The lowest BCUT2D eigenvalue weighted by atomic mass is 10.1. The standard InChI is InChI=1S/C15H28N2O3S/c18-21(19,12-15-3-1-2-10-20-15)17-8-6-14(7-9-17)16-11-13-4-5-13/h13-16H,1-12H2. The Labute approximate surface area is 128 Å². The Balaban J connectivity index is 1.43. The van der Waals surface area contributed by atoms with Crippen LogP contribution in [0.1, 0.15) is 44.9 Å². The van der Waals surface area contributed by atoms with Gasteiger partial charge in [0.2, 0.25) is 10.0 Å². The van der Waals surface area contributed by atoms with Crippen LogP contribution in [0.5, 0.6) is 0 Å². The summed E-state index contributed by atoms with van der Waals surface area (Å²) < 4.78 is 32.2. The summed E-state index contributed by atoms with van der Waals surface area (Å²) in [7, 11) is -3.14. The molecule has 0 aromatic carbocycles. The molecule has 122 valence electrons. The number of sulfonamides is 1. The fraction of sp³-hybridized carbons (Fsp3) is 1.00. The van der Waals surface area contributed by atoms with Gasteiger partial charge in [-0.15, -0.1) is 0 Å². The van der Waals surface area contributed by atoms with Crippen molar-refractivity contribution in [2.45, 2.75) is 57.1 Å². The highest BCUT2D eigenvalue weighted by atomic mass is 32.2. The molecule has 2 heterocycles. The summed E-state index contributed by atoms with van der Waals surface area (Å²) in [4.78, 5) is 0. The van der Waals surface area contributed by atoms with Crippen LogP contribution in [0, 0.1) is 5.92 Å². The molecule has 5 nitrogen and oxygen atoms in total. The lowest BCUT2D eigenvalue weighted by molar-refractivity contribution is 0.0298. The number of nitrogens with zero attached hydrogens (tertiary/aromatic N) is 1. The third kappa shape index (κ3) is 4.65. The third-order valence-corrected chi connectivity index (χ3v) is 6.85. The Hall–Kier alpha value is -0.170. The Morgan fingerprint density at radius 2 is 1.81 bits per heavy atom. The van der Waals surface area contributed by atoms with Crippen LogP contribution in [0.3, 0.4) is 0 Å². The highest BCUT2D eigenvalue weighted by Gasteiger charge is 2.31. The minimum Gasteiger partial charge on any atom is -0.377 e. The molecule has 2 aliphatic heterocycles. The Kier molecular flexibility index (Phi) is 5.19. The van der Waals surface area contributed by atoms with Gasteiger partial charge in [0.25, 0.3) is 0 Å². The summed E-state index contributed by atoms with van der Waals surface area (Å²) in [6.45, 7) is 3.16. The quantitative estimate of drug-likeness (QED) is 0.803. The minimum absolute atomic E-state index is 0.0885. The van der Waals surface area contributed by atoms with Crippen molar-refractivity contribution >= 4 is 10.0 Å². The van der Waals surface area contributed by atoms with Gasteiger partial charge >= 0.3 is 0 Å². The van der Waals surface area contributed by atoms with E-state index in [1.807, 2.05) is 0 Å². The van der Waals surface area contributed by atoms with Crippen molar-refractivity contribution in [2.75, 3.05) is 32.0 Å². The summed E-state index contributed by atoms with van der Waals surface area (Å²) in [5, 5.41) is 3.59. The second kappa shape index (κ2) is 6.94. The van der Waals surface area contributed by atoms with Gasteiger partial charge in [0.1, 0.15) is 0 Å². The molecule has 0 aromatic rings. The molecule has 1 saturated carbocycles. The largest absolute Gasteiger partial charge is 0.377 e. The van der Waals surface area contributed by atoms with Crippen LogP contribution < -0.4 is 5.32 Å². The van der Waals surface area contributed by atoms with E-state index in [1.54, 1.807) is 4.31 Å². The lowest BCUT2D eigenvalue weighted by Gasteiger charge is -2.33. The zero-order valence-corrected chi connectivity index (χ0v) is 13.6. The van der Waals surface area contributed by atoms with E-state index in [4.69, 9.17) is 4.74 Å². The van der Waals surface area contributed by atoms with Gasteiger partial charge in [0.15, 0.2) is 0 Å². The molecule has 3 fully saturated rings. The molecule has 0 amide bonds. The average molecular weight is 316 g/mol. The summed E-state index contributed by atoms with van der Waals surface area (Å²) in [6.07, 6.45) is 7.56. The van der Waals surface area contributed by atoms with E-state index in [0.29, 0.717) is 25.7 Å². The van der Waals surface area contributed by atoms with E-state index in [2.05, 4.69) is 5.32 Å². The molecule has 1 atom stereocenters. The molecular formula is C15H28N2O3S. The van der Waals surface area contributed by atoms with Gasteiger partial charge in [0, 0.05) is 25.7 Å². The molecule has 0 radical (unpaired) electrons. The Morgan fingerprint density at radius 3 is 2.43 bits per heavy atom. The smallest absolute Gasteiger partial charge is 0.216 e. The lowest BCUT2D eigenvalue weighted by Crippen LogP contribution is -2.47. The first-order valence-corrected chi connectivity index (χ1v) is 10.1. The van der Waals surface area contributed by atoms with Crippen molar-refractivity contribution in [3.63, 3.8) is 0 Å². The van der Waals surface area contributed by atoms with Gasteiger partial charge in [-0.3, -0.25) is 0 Å². The maximum atomic E-state index is 12.5. The second-order valence-electron chi connectivity index (χ2n) is 6.79. The first-order valence-electron chi connectivity index (χ1n) is 8.46. The minimum atomic E-state index is -3.14. The summed E-state index contributed by atoms with van der Waals surface area (Å²) in [6, 6.07) is 0.503. The summed E-state index contributed by atoms with van der Waals surface area (Å²) >= 11 is 0. The molecule has 2 saturated heterocycles. The highest BCUT2D eigenvalue weighted by Crippen LogP contribution is 2.28. The molecular weight excluding hydrogens is 288 g/mol. The molecule has 6 heteroatoms. The van der Waals surface area contributed by atoms with Crippen LogP contribution in [-0.4, -0.2) is 56.9 Å². The van der Waals surface area contributed by atoms with Crippen molar-refractivity contribution in [3.05, 3.63) is 0 Å². The maximum Gasteiger partial charge on any atom is 0.216 e. The number of nitrogens with one attached hydrogen (secondary N) is 1. The van der Waals surface area contributed by atoms with Crippen LogP contribution in [-0.2, 0) is 14.8 Å². The number of ether oxygens (including phenoxy) is 1. The Morgan fingerprint density at radius 1 is 1.05 bits per heavy atom. The van der Waals surface area contributed by atoms with E-state index in [9.17, 15) is 8.42 Å². The van der Waals surface area contributed by atoms with Crippen molar-refractivity contribution in [2.24, 2.45) is 5.92 Å². The van der Waals surface area contributed by atoms with E-state index < -0.39 is 10.0 Å². The van der Waals surface area contributed by atoms with E-state index in [0.717, 1.165) is 44.6 Å². The van der Waals surface area contributed by atoms with Crippen molar-refractivity contribution in [3.8, 4) is 0 Å². The first kappa shape index (κ1) is 15.7. The number of hydrogen-bond donors (Lipinski definition) is 1. The van der Waals surface area contributed by atoms with E-state index in [1.165, 1.54) is 12.8 Å². The second-order valence-corrected chi connectivity index (χ2v) is 8.81. The predicted octanol–water partition coefficient (Wildman–Crippen LogP) is 1.35. The van der Waals surface area contributed by atoms with E-state index in [-0.39, 0.29) is 11.9 Å². The average Bonchev–Trinajstić information content (AvgIpc) is 3.30. The number of piperidine rings is 1. The van der Waals surface area contributed by atoms with Gasteiger partial charge in [-0.1, -0.05) is 0 Å². The highest BCUT2D eigenvalue weighted by molar-refractivity contribution is 7.89. The maximum absolute atomic E-state index is 12.5. The molecule has 1 aliphatic carbocycles. The fourth-order valence-corrected chi connectivity index (χ4v) is 4.98. The van der Waals surface area contributed by atoms with Gasteiger partial charge < -0.3 is 10.1 Å². The van der Waals surface area contributed by atoms with Gasteiger partial charge in [-0.25, -0.2) is 12.7 Å². The molecule has 3 rings (SSSR count). The SMILES string of the molecule is O=S(=O)(CC1CCCCO1)N1CCC(NCC2CC2)CC1. The van der Waals surface area contributed by atoms with Gasteiger partial charge in [0.05, 0.1) is 11.9 Å². The van der Waals surface area contributed by atoms with Crippen LogP contribution in [0.4, 0.5) is 0 Å². The summed E-state index contributed by atoms with van der Waals surface area (Å²) in [5.41, 5.74) is 0. The van der Waals surface area contributed by atoms with E-state index >= 15 is 0 Å². The molecule has 21 heavy (non-hydrogen) atoms. The zero-order chi connectivity index (χ0) is 14.7. The van der Waals surface area contributed by atoms with Gasteiger partial charge in [-0.05, 0) is 57.4 Å². The number of rotatable bonds is 6. The van der Waals surface area contributed by atoms with Crippen molar-refractivity contribution in [1.29, 1.82) is 0 Å². The van der Waals surface area contributed by atoms with Crippen molar-refractivity contribution < 1.29 is 13.2 Å². The number of hydrogen-bond acceptors (Lipinski definition) is 4. The molecule has 1 N–H and O–H groups in total. The predicted molar refractivity (Wildman–Crippen MR) is 82.7 cm³/mol. The molecule has 0 spiro atoms. The fourth-order valence-electron chi connectivity index (χ4n) is 3.27. The Bertz CT molecular complexity index is 422. The van der Waals surface area contributed by atoms with Crippen LogP contribution in [0.25, 0.3) is 0 Å². The molecule has 0 aromatic heterocycles. The molecule has 1 unspecified atom stereocenters. The first-order chi connectivity index (χ1) is 10.1. The molecule has 0 bridgehead atoms. The summed E-state index contributed by atoms with van der Waals surface area (Å²) in [5.74, 6) is 1.06. The monoisotopic (exact) mass is 316 g/mol.